The summed E-state index contributed by atoms with van der Waals surface area (Å²) in [5, 5.41) is 2.84. The second-order valence-electron chi connectivity index (χ2n) is 8.19. The first-order valence-corrected chi connectivity index (χ1v) is 11.9. The first-order valence-electron chi connectivity index (χ1n) is 10.5. The van der Waals surface area contributed by atoms with Crippen molar-refractivity contribution in [2.45, 2.75) is 12.3 Å². The van der Waals surface area contributed by atoms with E-state index in [-0.39, 0.29) is 13.0 Å². The van der Waals surface area contributed by atoms with Crippen LogP contribution in [0.15, 0.2) is 48.7 Å². The maximum atomic E-state index is 13.5. The van der Waals surface area contributed by atoms with Gasteiger partial charge in [-0.15, -0.1) is 0 Å². The lowest BCUT2D eigenvalue weighted by atomic mass is 10.0. The first kappa shape index (κ1) is 22.1. The summed E-state index contributed by atoms with van der Waals surface area (Å²) in [5.41, 5.74) is 8.70. The van der Waals surface area contributed by atoms with Gasteiger partial charge in [0.1, 0.15) is 5.75 Å². The Labute approximate surface area is 195 Å². The number of nitrogens with one attached hydrogen (secondary N) is 1. The molecule has 34 heavy (non-hydrogen) atoms. The van der Waals surface area contributed by atoms with E-state index in [0.29, 0.717) is 45.8 Å². The maximum Gasteiger partial charge on any atom is 0.326 e. The van der Waals surface area contributed by atoms with Gasteiger partial charge < -0.3 is 15.8 Å². The number of rotatable bonds is 6. The van der Waals surface area contributed by atoms with E-state index in [1.54, 1.807) is 55.7 Å². The fourth-order valence-electron chi connectivity index (χ4n) is 3.90. The van der Waals surface area contributed by atoms with E-state index >= 15 is 0 Å². The molecule has 2 heterocycles. The second kappa shape index (κ2) is 7.69. The van der Waals surface area contributed by atoms with Gasteiger partial charge in [-0.1, -0.05) is 6.07 Å². The van der Waals surface area contributed by atoms with E-state index in [1.165, 1.54) is 7.05 Å². The molecule has 2 aliphatic rings. The molecule has 1 aliphatic carbocycles. The summed E-state index contributed by atoms with van der Waals surface area (Å²) in [6.45, 7) is -0.259. The van der Waals surface area contributed by atoms with Gasteiger partial charge in [0.2, 0.25) is 11.8 Å². The van der Waals surface area contributed by atoms with E-state index in [9.17, 15) is 17.2 Å². The standard InChI is InChI=1S/C22H22F2N6O3S/c1-26-21-27-8-7-20(28-21)33-15-4-5-17(25)16(10-15)13-3-6-18-19(9-13)29(2)34(31,32)30(18)12-14-11-22(14,23)24/h3-10,14H,11-12,25H2,1-2H3,(H,26,27,28). The minimum Gasteiger partial charge on any atom is -0.439 e. The number of nitrogen functional groups attached to an aromatic ring is 1. The van der Waals surface area contributed by atoms with Crippen molar-refractivity contribution >= 4 is 33.2 Å². The molecular formula is C22H22F2N6O3S. The number of benzene rings is 2. The normalized spacial score (nSPS) is 19.6. The number of anilines is 4. The van der Waals surface area contributed by atoms with E-state index < -0.39 is 22.0 Å². The summed E-state index contributed by atoms with van der Waals surface area (Å²) in [7, 11) is -0.837. The van der Waals surface area contributed by atoms with Gasteiger partial charge in [0.05, 0.1) is 11.4 Å². The summed E-state index contributed by atoms with van der Waals surface area (Å²) in [4.78, 5) is 8.27. The zero-order valence-corrected chi connectivity index (χ0v) is 19.2. The second-order valence-corrected chi connectivity index (χ2v) is 10.1. The number of alkyl halides is 2. The Hall–Kier alpha value is -3.67. The Bertz CT molecular complexity index is 1380. The van der Waals surface area contributed by atoms with Crippen LogP contribution in [0, 0.1) is 5.92 Å². The molecule has 1 fully saturated rings. The minimum atomic E-state index is -3.94. The van der Waals surface area contributed by atoms with Gasteiger partial charge in [-0.3, -0.25) is 8.61 Å². The van der Waals surface area contributed by atoms with E-state index in [1.807, 2.05) is 0 Å². The van der Waals surface area contributed by atoms with Crippen LogP contribution < -0.4 is 24.4 Å². The van der Waals surface area contributed by atoms with E-state index in [2.05, 4.69) is 15.3 Å². The molecule has 3 N–H and O–H groups in total. The van der Waals surface area contributed by atoms with Gasteiger partial charge in [-0.25, -0.2) is 13.8 Å². The predicted molar refractivity (Wildman–Crippen MR) is 126 cm³/mol. The SMILES string of the molecule is CNc1nccc(Oc2ccc(N)c(-c3ccc4c(c3)N(C)S(=O)(=O)N4CC3CC3(F)F)c2)n1. The minimum absolute atomic E-state index is 0.259. The van der Waals surface area contributed by atoms with Crippen LogP contribution in [0.5, 0.6) is 11.6 Å². The Balaban J connectivity index is 1.47. The lowest BCUT2D eigenvalue weighted by molar-refractivity contribution is 0.101. The number of nitrogens with zero attached hydrogens (tertiary/aromatic N) is 4. The zero-order valence-electron chi connectivity index (χ0n) is 18.4. The number of ether oxygens (including phenoxy) is 1. The number of fused-ring (bicyclic) bond motifs is 1. The highest BCUT2D eigenvalue weighted by molar-refractivity contribution is 7.94. The quantitative estimate of drug-likeness (QED) is 0.509. The van der Waals surface area contributed by atoms with E-state index in [4.69, 9.17) is 10.5 Å². The molecule has 0 amide bonds. The van der Waals surface area contributed by atoms with Gasteiger partial charge in [0.15, 0.2) is 0 Å². The van der Waals surface area contributed by atoms with Crippen molar-refractivity contribution < 1.29 is 21.9 Å². The van der Waals surface area contributed by atoms with E-state index in [0.717, 1.165) is 8.61 Å². The van der Waals surface area contributed by atoms with Crippen molar-refractivity contribution in [2.75, 3.05) is 40.3 Å². The lowest BCUT2D eigenvalue weighted by Gasteiger charge is -2.18. The first-order chi connectivity index (χ1) is 16.1. The lowest BCUT2D eigenvalue weighted by Crippen LogP contribution is -2.37. The highest BCUT2D eigenvalue weighted by atomic mass is 32.2. The molecule has 12 heteroatoms. The zero-order chi connectivity index (χ0) is 24.3. The van der Waals surface area contributed by atoms with Gasteiger partial charge in [-0.05, 0) is 35.9 Å². The molecule has 5 rings (SSSR count). The molecule has 2 aromatic carbocycles. The molecule has 0 spiro atoms. The van der Waals surface area contributed by atoms with Crippen LogP contribution in [0.4, 0.5) is 31.8 Å². The molecule has 178 valence electrons. The third kappa shape index (κ3) is 3.73. The average Bonchev–Trinajstić information content (AvgIpc) is 3.38. The van der Waals surface area contributed by atoms with Crippen LogP contribution in [0.2, 0.25) is 0 Å². The molecule has 1 aromatic heterocycles. The van der Waals surface area contributed by atoms with Crippen LogP contribution in [0.3, 0.4) is 0 Å². The fourth-order valence-corrected chi connectivity index (χ4v) is 5.36. The topological polar surface area (TPSA) is 114 Å². The molecule has 1 atom stereocenters. The molecule has 0 bridgehead atoms. The Morgan fingerprint density at radius 2 is 1.97 bits per heavy atom. The molecule has 1 saturated carbocycles. The fraction of sp³-hybridized carbons (Fsp3) is 0.273. The smallest absolute Gasteiger partial charge is 0.326 e. The number of nitrogens with two attached hydrogens (primary N) is 1. The van der Waals surface area contributed by atoms with Crippen molar-refractivity contribution in [2.24, 2.45) is 5.92 Å². The van der Waals surface area contributed by atoms with Crippen LogP contribution in [0.25, 0.3) is 11.1 Å². The van der Waals surface area contributed by atoms with Crippen LogP contribution in [-0.4, -0.2) is 44.9 Å². The third-order valence-corrected chi connectivity index (χ3v) is 7.75. The Morgan fingerprint density at radius 1 is 1.21 bits per heavy atom. The van der Waals surface area contributed by atoms with Crippen LogP contribution >= 0.6 is 0 Å². The summed E-state index contributed by atoms with van der Waals surface area (Å²) in [5.74, 6) is -2.57. The molecule has 1 unspecified atom stereocenters. The number of halogens is 2. The molecule has 0 radical (unpaired) electrons. The number of hydrogen-bond donors (Lipinski definition) is 2. The van der Waals surface area contributed by atoms with Crippen molar-refractivity contribution in [3.8, 4) is 22.8 Å². The molecule has 1 aliphatic heterocycles. The number of hydrogen-bond acceptors (Lipinski definition) is 7. The average molecular weight is 489 g/mol. The predicted octanol–water partition coefficient (Wildman–Crippen LogP) is 3.72. The summed E-state index contributed by atoms with van der Waals surface area (Å²) < 4.78 is 60.7. The van der Waals surface area contributed by atoms with Gasteiger partial charge in [0.25, 0.3) is 5.92 Å². The molecule has 9 nitrogen and oxygen atoms in total. The maximum absolute atomic E-state index is 13.5. The molecule has 0 saturated heterocycles. The van der Waals surface area contributed by atoms with Crippen molar-refractivity contribution in [1.29, 1.82) is 0 Å². The Morgan fingerprint density at radius 3 is 2.68 bits per heavy atom. The van der Waals surface area contributed by atoms with Gasteiger partial charge in [-0.2, -0.15) is 13.4 Å². The largest absolute Gasteiger partial charge is 0.439 e. The number of aromatic nitrogens is 2. The monoisotopic (exact) mass is 488 g/mol. The highest BCUT2D eigenvalue weighted by Gasteiger charge is 2.59. The van der Waals surface area contributed by atoms with Crippen LogP contribution in [0.1, 0.15) is 6.42 Å². The van der Waals surface area contributed by atoms with Gasteiger partial charge >= 0.3 is 10.2 Å². The van der Waals surface area contributed by atoms with Crippen molar-refractivity contribution in [1.82, 2.24) is 9.97 Å². The van der Waals surface area contributed by atoms with Crippen molar-refractivity contribution in [3.63, 3.8) is 0 Å². The highest BCUT2D eigenvalue weighted by Crippen LogP contribution is 2.52. The van der Waals surface area contributed by atoms with Gasteiger partial charge in [0, 0.05) is 56.5 Å². The third-order valence-electron chi connectivity index (χ3n) is 5.96. The Kier molecular flexibility index (Phi) is 5.01. The van der Waals surface area contributed by atoms with Crippen LogP contribution in [-0.2, 0) is 10.2 Å². The summed E-state index contributed by atoms with van der Waals surface area (Å²) >= 11 is 0. The molecular weight excluding hydrogens is 466 g/mol. The van der Waals surface area contributed by atoms with Crippen molar-refractivity contribution in [3.05, 3.63) is 48.7 Å². The summed E-state index contributed by atoms with van der Waals surface area (Å²) in [6.07, 6.45) is 1.26. The summed E-state index contributed by atoms with van der Waals surface area (Å²) in [6, 6.07) is 11.7. The molecule has 3 aromatic rings.